The van der Waals surface area contributed by atoms with Gasteiger partial charge in [-0.25, -0.2) is 9.97 Å². The van der Waals surface area contributed by atoms with Crippen LogP contribution in [0.1, 0.15) is 10.4 Å². The molecule has 1 fully saturated rings. The second-order valence-corrected chi connectivity index (χ2v) is 6.19. The van der Waals surface area contributed by atoms with Crippen molar-refractivity contribution in [1.82, 2.24) is 14.9 Å². The third-order valence-electron chi connectivity index (χ3n) is 4.73. The zero-order valence-corrected chi connectivity index (χ0v) is 14.6. The molecule has 0 atom stereocenters. The molecule has 26 heavy (non-hydrogen) atoms. The van der Waals surface area contributed by atoms with Crippen LogP contribution in [-0.2, 0) is 0 Å². The molecule has 0 saturated carbocycles. The van der Waals surface area contributed by atoms with E-state index in [2.05, 4.69) is 14.9 Å². The summed E-state index contributed by atoms with van der Waals surface area (Å²) in [6.45, 7) is 2.77. The monoisotopic (exact) mass is 348 g/mol. The molecule has 3 aromatic rings. The van der Waals surface area contributed by atoms with Crippen LogP contribution >= 0.6 is 0 Å². The zero-order valence-electron chi connectivity index (χ0n) is 14.6. The van der Waals surface area contributed by atoms with Gasteiger partial charge in [-0.3, -0.25) is 4.79 Å². The van der Waals surface area contributed by atoms with Crippen LogP contribution in [0.25, 0.3) is 10.9 Å². The number of hydrogen-bond acceptors (Lipinski definition) is 5. The molecule has 132 valence electrons. The summed E-state index contributed by atoms with van der Waals surface area (Å²) in [4.78, 5) is 25.7. The van der Waals surface area contributed by atoms with Gasteiger partial charge in [-0.2, -0.15) is 0 Å². The number of carbonyl (C=O) groups is 1. The molecule has 1 saturated heterocycles. The SMILES string of the molecule is COc1ccccc1C(=O)N1CCN(c2ncnc3ccccc23)CC1. The third kappa shape index (κ3) is 2.94. The van der Waals surface area contributed by atoms with Gasteiger partial charge in [0, 0.05) is 31.6 Å². The van der Waals surface area contributed by atoms with Crippen LogP contribution in [0.15, 0.2) is 54.9 Å². The molecular formula is C20H20N4O2. The van der Waals surface area contributed by atoms with E-state index < -0.39 is 0 Å². The van der Waals surface area contributed by atoms with Crippen LogP contribution in [0.2, 0.25) is 0 Å². The number of aromatic nitrogens is 2. The van der Waals surface area contributed by atoms with Gasteiger partial charge in [0.25, 0.3) is 5.91 Å². The van der Waals surface area contributed by atoms with Gasteiger partial charge in [-0.05, 0) is 24.3 Å². The highest BCUT2D eigenvalue weighted by atomic mass is 16.5. The summed E-state index contributed by atoms with van der Waals surface area (Å²) >= 11 is 0. The van der Waals surface area contributed by atoms with Crippen molar-refractivity contribution in [3.05, 3.63) is 60.4 Å². The molecule has 4 rings (SSSR count). The normalized spacial score (nSPS) is 14.5. The molecule has 0 spiro atoms. The van der Waals surface area contributed by atoms with E-state index in [1.54, 1.807) is 13.4 Å². The average Bonchev–Trinajstić information content (AvgIpc) is 2.73. The Balaban J connectivity index is 1.51. The Hall–Kier alpha value is -3.15. The summed E-state index contributed by atoms with van der Waals surface area (Å²) < 4.78 is 5.32. The van der Waals surface area contributed by atoms with Gasteiger partial charge in [0.1, 0.15) is 17.9 Å². The predicted molar refractivity (Wildman–Crippen MR) is 101 cm³/mol. The minimum Gasteiger partial charge on any atom is -0.496 e. The van der Waals surface area contributed by atoms with E-state index in [1.165, 1.54) is 0 Å². The minimum absolute atomic E-state index is 0.00893. The molecule has 0 bridgehead atoms. The lowest BCUT2D eigenvalue weighted by Gasteiger charge is -2.36. The van der Waals surface area contributed by atoms with Gasteiger partial charge in [0.2, 0.25) is 0 Å². The minimum atomic E-state index is 0.00893. The summed E-state index contributed by atoms with van der Waals surface area (Å²) in [5, 5.41) is 1.04. The molecule has 1 aliphatic heterocycles. The standard InChI is InChI=1S/C20H20N4O2/c1-26-18-9-5-3-7-16(18)20(25)24-12-10-23(11-13-24)19-15-6-2-4-8-17(15)21-14-22-19/h2-9,14H,10-13H2,1H3. The van der Waals surface area contributed by atoms with Gasteiger partial charge in [-0.15, -0.1) is 0 Å². The molecular weight excluding hydrogens is 328 g/mol. The summed E-state index contributed by atoms with van der Waals surface area (Å²) in [6.07, 6.45) is 1.60. The first-order valence-electron chi connectivity index (χ1n) is 8.65. The van der Waals surface area contributed by atoms with Crippen molar-refractivity contribution in [1.29, 1.82) is 0 Å². The summed E-state index contributed by atoms with van der Waals surface area (Å²) in [5.74, 6) is 1.55. The van der Waals surface area contributed by atoms with Gasteiger partial charge < -0.3 is 14.5 Å². The van der Waals surface area contributed by atoms with E-state index in [-0.39, 0.29) is 5.91 Å². The lowest BCUT2D eigenvalue weighted by Crippen LogP contribution is -2.49. The van der Waals surface area contributed by atoms with Crippen molar-refractivity contribution in [2.45, 2.75) is 0 Å². The first kappa shape index (κ1) is 16.3. The lowest BCUT2D eigenvalue weighted by atomic mass is 10.1. The summed E-state index contributed by atoms with van der Waals surface area (Å²) in [6, 6.07) is 15.4. The molecule has 6 heteroatoms. The van der Waals surface area contributed by atoms with E-state index in [4.69, 9.17) is 4.74 Å². The van der Waals surface area contributed by atoms with E-state index in [9.17, 15) is 4.79 Å². The number of methoxy groups -OCH3 is 1. The molecule has 0 aliphatic carbocycles. The van der Waals surface area contributed by atoms with Crippen LogP contribution in [0, 0.1) is 0 Å². The smallest absolute Gasteiger partial charge is 0.257 e. The Morgan fingerprint density at radius 3 is 2.50 bits per heavy atom. The van der Waals surface area contributed by atoms with Crippen molar-refractivity contribution in [2.24, 2.45) is 0 Å². The van der Waals surface area contributed by atoms with E-state index >= 15 is 0 Å². The quantitative estimate of drug-likeness (QED) is 0.728. The van der Waals surface area contributed by atoms with Crippen LogP contribution < -0.4 is 9.64 Å². The van der Waals surface area contributed by atoms with Crippen molar-refractivity contribution < 1.29 is 9.53 Å². The van der Waals surface area contributed by atoms with Crippen molar-refractivity contribution in [3.8, 4) is 5.75 Å². The van der Waals surface area contributed by atoms with Gasteiger partial charge in [0.15, 0.2) is 0 Å². The van der Waals surface area contributed by atoms with Crippen LogP contribution in [0.5, 0.6) is 5.75 Å². The number of amides is 1. The highest BCUT2D eigenvalue weighted by molar-refractivity contribution is 5.97. The second-order valence-electron chi connectivity index (χ2n) is 6.19. The molecule has 0 radical (unpaired) electrons. The zero-order chi connectivity index (χ0) is 17.9. The molecule has 0 N–H and O–H groups in total. The number of benzene rings is 2. The molecule has 1 amide bonds. The third-order valence-corrected chi connectivity index (χ3v) is 4.73. The van der Waals surface area contributed by atoms with Crippen LogP contribution in [0.4, 0.5) is 5.82 Å². The van der Waals surface area contributed by atoms with E-state index in [0.717, 1.165) is 29.8 Å². The molecule has 1 aliphatic rings. The summed E-state index contributed by atoms with van der Waals surface area (Å²) in [5.41, 5.74) is 1.54. The average molecular weight is 348 g/mol. The maximum absolute atomic E-state index is 12.8. The topological polar surface area (TPSA) is 58.6 Å². The van der Waals surface area contributed by atoms with E-state index in [0.29, 0.717) is 24.4 Å². The second kappa shape index (κ2) is 7.00. The predicted octanol–water partition coefficient (Wildman–Crippen LogP) is 2.60. The first-order chi connectivity index (χ1) is 12.8. The highest BCUT2D eigenvalue weighted by Crippen LogP contribution is 2.25. The van der Waals surface area contributed by atoms with Crippen LogP contribution in [-0.4, -0.2) is 54.1 Å². The maximum Gasteiger partial charge on any atom is 0.257 e. The van der Waals surface area contributed by atoms with Gasteiger partial charge >= 0.3 is 0 Å². The number of piperazine rings is 1. The number of ether oxygens (including phenoxy) is 1. The van der Waals surface area contributed by atoms with Crippen molar-refractivity contribution in [2.75, 3.05) is 38.2 Å². The van der Waals surface area contributed by atoms with Crippen molar-refractivity contribution in [3.63, 3.8) is 0 Å². The summed E-state index contributed by atoms with van der Waals surface area (Å²) in [7, 11) is 1.59. The van der Waals surface area contributed by atoms with Crippen molar-refractivity contribution >= 4 is 22.6 Å². The fourth-order valence-electron chi connectivity index (χ4n) is 3.36. The molecule has 0 unspecified atom stereocenters. The Bertz CT molecular complexity index is 931. The Morgan fingerprint density at radius 2 is 1.69 bits per heavy atom. The largest absolute Gasteiger partial charge is 0.496 e. The number of carbonyl (C=O) groups excluding carboxylic acids is 1. The van der Waals surface area contributed by atoms with Gasteiger partial charge in [-0.1, -0.05) is 24.3 Å². The fourth-order valence-corrected chi connectivity index (χ4v) is 3.36. The van der Waals surface area contributed by atoms with E-state index in [1.807, 2.05) is 53.4 Å². The number of fused-ring (bicyclic) bond motifs is 1. The first-order valence-corrected chi connectivity index (χ1v) is 8.65. The number of anilines is 1. The maximum atomic E-state index is 12.8. The molecule has 2 aromatic carbocycles. The lowest BCUT2D eigenvalue weighted by molar-refractivity contribution is 0.0743. The van der Waals surface area contributed by atoms with Crippen LogP contribution in [0.3, 0.4) is 0 Å². The Labute approximate surface area is 152 Å². The number of para-hydroxylation sites is 2. The number of nitrogens with zero attached hydrogens (tertiary/aromatic N) is 4. The number of rotatable bonds is 3. The number of hydrogen-bond donors (Lipinski definition) is 0. The highest BCUT2D eigenvalue weighted by Gasteiger charge is 2.25. The molecule has 2 heterocycles. The molecule has 1 aromatic heterocycles. The fraction of sp³-hybridized carbons (Fsp3) is 0.250. The Morgan fingerprint density at radius 1 is 0.962 bits per heavy atom. The molecule has 6 nitrogen and oxygen atoms in total. The van der Waals surface area contributed by atoms with Gasteiger partial charge in [0.05, 0.1) is 18.2 Å². The Kier molecular flexibility index (Phi) is 4.39.